The van der Waals surface area contributed by atoms with Crippen molar-refractivity contribution in [3.8, 4) is 0 Å². The van der Waals surface area contributed by atoms with E-state index in [-0.39, 0.29) is 17.2 Å². The Bertz CT molecular complexity index is 315. The third-order valence-electron chi connectivity index (χ3n) is 4.24. The fraction of sp³-hybridized carbons (Fsp3) is 1.00. The van der Waals surface area contributed by atoms with E-state index in [2.05, 4.69) is 13.8 Å². The van der Waals surface area contributed by atoms with Crippen LogP contribution in [0.1, 0.15) is 20.3 Å². The maximum Gasteiger partial charge on any atom is 0.151 e. The van der Waals surface area contributed by atoms with Crippen LogP contribution in [-0.4, -0.2) is 26.0 Å². The number of hydrogen-bond donors (Lipinski definition) is 1. The summed E-state index contributed by atoms with van der Waals surface area (Å²) in [6.07, 6.45) is 0.650. The van der Waals surface area contributed by atoms with Gasteiger partial charge < -0.3 is 5.73 Å². The molecule has 1 saturated heterocycles. The summed E-state index contributed by atoms with van der Waals surface area (Å²) < 4.78 is 23.0. The topological polar surface area (TPSA) is 60.2 Å². The minimum Gasteiger partial charge on any atom is -0.327 e. The monoisotopic (exact) mass is 203 g/mol. The maximum atomic E-state index is 11.5. The highest BCUT2D eigenvalue weighted by Gasteiger charge is 2.65. The molecule has 0 radical (unpaired) electrons. The summed E-state index contributed by atoms with van der Waals surface area (Å²) in [6, 6.07) is 0.0982. The number of sulfone groups is 1. The average Bonchev–Trinajstić information content (AvgIpc) is 2.52. The normalized spacial score (nSPS) is 53.6. The largest absolute Gasteiger partial charge is 0.327 e. The quantitative estimate of drug-likeness (QED) is 0.620. The lowest BCUT2D eigenvalue weighted by molar-refractivity contribution is 0.360. The molecule has 1 aliphatic heterocycles. The van der Waals surface area contributed by atoms with E-state index in [4.69, 9.17) is 5.73 Å². The van der Waals surface area contributed by atoms with Gasteiger partial charge in [-0.2, -0.15) is 0 Å². The zero-order valence-corrected chi connectivity index (χ0v) is 8.97. The maximum absolute atomic E-state index is 11.5. The Labute approximate surface area is 79.6 Å². The van der Waals surface area contributed by atoms with Gasteiger partial charge in [0, 0.05) is 11.5 Å². The van der Waals surface area contributed by atoms with Crippen LogP contribution in [-0.2, 0) is 9.84 Å². The molecule has 2 rings (SSSR count). The molecule has 1 heterocycles. The first-order valence-electron chi connectivity index (χ1n) is 4.86. The van der Waals surface area contributed by atoms with E-state index in [0.29, 0.717) is 24.0 Å². The molecule has 4 heteroatoms. The van der Waals surface area contributed by atoms with E-state index >= 15 is 0 Å². The highest BCUT2D eigenvalue weighted by molar-refractivity contribution is 7.91. The third-order valence-corrected chi connectivity index (χ3v) is 6.03. The Kier molecular flexibility index (Phi) is 1.81. The van der Waals surface area contributed by atoms with Gasteiger partial charge in [-0.3, -0.25) is 0 Å². The van der Waals surface area contributed by atoms with Crippen LogP contribution in [0.2, 0.25) is 0 Å². The first kappa shape index (κ1) is 9.46. The van der Waals surface area contributed by atoms with Crippen LogP contribution < -0.4 is 5.73 Å². The van der Waals surface area contributed by atoms with Crippen molar-refractivity contribution in [3.05, 3.63) is 0 Å². The van der Waals surface area contributed by atoms with Crippen molar-refractivity contribution >= 4 is 9.84 Å². The molecule has 0 aromatic carbocycles. The highest BCUT2D eigenvalue weighted by atomic mass is 32.2. The Morgan fingerprint density at radius 1 is 1.31 bits per heavy atom. The van der Waals surface area contributed by atoms with Crippen LogP contribution >= 0.6 is 0 Å². The predicted molar refractivity (Wildman–Crippen MR) is 52.0 cm³/mol. The molecule has 13 heavy (non-hydrogen) atoms. The molecule has 0 aromatic rings. The second-order valence-corrected chi connectivity index (χ2v) is 6.86. The summed E-state index contributed by atoms with van der Waals surface area (Å²) in [5, 5.41) is 0. The lowest BCUT2D eigenvalue weighted by Gasteiger charge is -2.30. The fourth-order valence-electron chi connectivity index (χ4n) is 2.97. The summed E-state index contributed by atoms with van der Waals surface area (Å²) in [6.45, 7) is 4.23. The summed E-state index contributed by atoms with van der Waals surface area (Å²) in [5.74, 6) is 1.58. The Balaban J connectivity index is 2.29. The van der Waals surface area contributed by atoms with Crippen molar-refractivity contribution in [2.24, 2.45) is 23.0 Å². The first-order chi connectivity index (χ1) is 5.90. The van der Waals surface area contributed by atoms with Crippen LogP contribution in [0.4, 0.5) is 0 Å². The second-order valence-electron chi connectivity index (χ2n) is 4.68. The van der Waals surface area contributed by atoms with E-state index in [1.54, 1.807) is 0 Å². The Morgan fingerprint density at radius 2 is 1.85 bits per heavy atom. The molecule has 76 valence electrons. The summed E-state index contributed by atoms with van der Waals surface area (Å²) >= 11 is 0. The number of rotatable bonds is 0. The van der Waals surface area contributed by atoms with E-state index in [1.807, 2.05) is 0 Å². The van der Waals surface area contributed by atoms with Crippen LogP contribution in [0.5, 0.6) is 0 Å². The van der Waals surface area contributed by atoms with Crippen LogP contribution in [0.15, 0.2) is 0 Å². The predicted octanol–water partition coefficient (Wildman–Crippen LogP) is 0.404. The van der Waals surface area contributed by atoms with Gasteiger partial charge in [0.15, 0.2) is 9.84 Å². The van der Waals surface area contributed by atoms with Gasteiger partial charge in [0.05, 0.1) is 11.5 Å². The lowest BCUT2D eigenvalue weighted by Crippen LogP contribution is -2.45. The van der Waals surface area contributed by atoms with Gasteiger partial charge in [0.2, 0.25) is 0 Å². The zero-order chi connectivity index (χ0) is 9.85. The van der Waals surface area contributed by atoms with Crippen LogP contribution in [0.3, 0.4) is 0 Å². The van der Waals surface area contributed by atoms with Crippen molar-refractivity contribution in [1.82, 2.24) is 0 Å². The summed E-state index contributed by atoms with van der Waals surface area (Å²) in [5.41, 5.74) is 5.94. The zero-order valence-electron chi connectivity index (χ0n) is 8.16. The van der Waals surface area contributed by atoms with E-state index in [1.165, 1.54) is 0 Å². The van der Waals surface area contributed by atoms with Crippen LogP contribution in [0, 0.1) is 17.3 Å². The van der Waals surface area contributed by atoms with Crippen molar-refractivity contribution < 1.29 is 8.42 Å². The minimum absolute atomic E-state index is 0.0723. The van der Waals surface area contributed by atoms with Gasteiger partial charge in [0.1, 0.15) is 0 Å². The van der Waals surface area contributed by atoms with Gasteiger partial charge in [-0.15, -0.1) is 0 Å². The molecule has 1 aliphatic carbocycles. The lowest BCUT2D eigenvalue weighted by atomic mass is 9.92. The number of nitrogens with two attached hydrogens (primary N) is 1. The molecule has 2 fully saturated rings. The van der Waals surface area contributed by atoms with Crippen LogP contribution in [0.25, 0.3) is 0 Å². The van der Waals surface area contributed by atoms with E-state index in [0.717, 1.165) is 0 Å². The van der Waals surface area contributed by atoms with Gasteiger partial charge >= 0.3 is 0 Å². The summed E-state index contributed by atoms with van der Waals surface area (Å²) in [7, 11) is -2.81. The van der Waals surface area contributed by atoms with Gasteiger partial charge in [-0.1, -0.05) is 13.8 Å². The smallest absolute Gasteiger partial charge is 0.151 e. The van der Waals surface area contributed by atoms with Crippen molar-refractivity contribution in [3.63, 3.8) is 0 Å². The molecular weight excluding hydrogens is 186 g/mol. The van der Waals surface area contributed by atoms with Crippen molar-refractivity contribution in [2.45, 2.75) is 26.3 Å². The molecule has 2 unspecified atom stereocenters. The molecule has 1 spiro atoms. The fourth-order valence-corrected chi connectivity index (χ4v) is 5.23. The minimum atomic E-state index is -2.81. The van der Waals surface area contributed by atoms with Gasteiger partial charge in [-0.25, -0.2) is 8.42 Å². The molecule has 0 aromatic heterocycles. The average molecular weight is 203 g/mol. The third kappa shape index (κ3) is 1.15. The molecule has 1 saturated carbocycles. The van der Waals surface area contributed by atoms with Crippen molar-refractivity contribution in [1.29, 1.82) is 0 Å². The van der Waals surface area contributed by atoms with Gasteiger partial charge in [0.25, 0.3) is 0 Å². The van der Waals surface area contributed by atoms with E-state index in [9.17, 15) is 8.42 Å². The molecule has 4 atom stereocenters. The number of hydrogen-bond acceptors (Lipinski definition) is 3. The Morgan fingerprint density at radius 3 is 2.23 bits per heavy atom. The first-order valence-corrected chi connectivity index (χ1v) is 6.68. The molecule has 3 nitrogen and oxygen atoms in total. The molecule has 0 bridgehead atoms. The highest BCUT2D eigenvalue weighted by Crippen LogP contribution is 2.62. The molecular formula is C9H17NO2S. The van der Waals surface area contributed by atoms with Gasteiger partial charge in [-0.05, 0) is 18.3 Å². The molecule has 2 aliphatic rings. The second kappa shape index (κ2) is 2.48. The SMILES string of the molecule is CC1[C@H](C)C12CS(=O)(=O)CC[C@@H]2N. The molecule has 0 amide bonds. The summed E-state index contributed by atoms with van der Waals surface area (Å²) in [4.78, 5) is 0. The standard InChI is InChI=1S/C9H17NO2S/c1-6-7(2)9(6)5-13(11,12)4-3-8(9)10/h6-8H,3-5,10H2,1-2H3/t6-,7?,8-,9?/m0/s1. The Hall–Kier alpha value is -0.0900. The molecule has 2 N–H and O–H groups in total. The van der Waals surface area contributed by atoms with E-state index < -0.39 is 9.84 Å². The van der Waals surface area contributed by atoms with Crippen molar-refractivity contribution in [2.75, 3.05) is 11.5 Å².